The molecule has 0 heterocycles. The smallest absolute Gasteiger partial charge is 0.412 e. The van der Waals surface area contributed by atoms with Crippen LogP contribution in [0.4, 0.5) is 4.79 Å². The van der Waals surface area contributed by atoms with Crippen molar-refractivity contribution >= 4 is 26.3 Å². The van der Waals surface area contributed by atoms with Crippen molar-refractivity contribution in [1.29, 1.82) is 0 Å². The monoisotopic (exact) mass is 430 g/mol. The molecule has 0 bridgehead atoms. The van der Waals surface area contributed by atoms with E-state index >= 15 is 0 Å². The van der Waals surface area contributed by atoms with Gasteiger partial charge in [0.15, 0.2) is 8.32 Å². The van der Waals surface area contributed by atoms with Gasteiger partial charge in [-0.05, 0) is 58.3 Å². The van der Waals surface area contributed by atoms with Gasteiger partial charge in [0, 0.05) is 0 Å². The molecule has 0 aromatic carbocycles. The number of ether oxygens (including phenoxy) is 2. The van der Waals surface area contributed by atoms with Crippen LogP contribution < -0.4 is 10.6 Å². The lowest BCUT2D eigenvalue weighted by Crippen LogP contribution is -2.51. The van der Waals surface area contributed by atoms with Crippen molar-refractivity contribution in [3.8, 4) is 0 Å². The van der Waals surface area contributed by atoms with Gasteiger partial charge in [-0.2, -0.15) is 0 Å². The van der Waals surface area contributed by atoms with Crippen LogP contribution in [-0.2, 0) is 23.5 Å². The van der Waals surface area contributed by atoms with Crippen LogP contribution in [0.5, 0.6) is 0 Å². The third-order valence-electron chi connectivity index (χ3n) is 4.56. The second-order valence-electron chi connectivity index (χ2n) is 9.62. The molecule has 2 N–H and O–H groups in total. The SMILES string of the molecule is COC(=O)[C@H](CO[Si](C)(C)C(C)(C)C)NC(=O)C(NC(=O)OC(C)(C)C)=C(C)C. The number of hydrogen-bond acceptors (Lipinski definition) is 6. The van der Waals surface area contributed by atoms with Gasteiger partial charge in [-0.15, -0.1) is 0 Å². The summed E-state index contributed by atoms with van der Waals surface area (Å²) >= 11 is 0. The van der Waals surface area contributed by atoms with Crippen LogP contribution in [0, 0.1) is 0 Å². The minimum atomic E-state index is -2.14. The summed E-state index contributed by atoms with van der Waals surface area (Å²) in [6.07, 6.45) is -0.754. The van der Waals surface area contributed by atoms with Gasteiger partial charge in [0.2, 0.25) is 0 Å². The number of rotatable bonds is 7. The van der Waals surface area contributed by atoms with Crippen molar-refractivity contribution in [2.45, 2.75) is 85.2 Å². The zero-order valence-corrected chi connectivity index (χ0v) is 20.7. The Kier molecular flexibility index (Phi) is 9.58. The fraction of sp³-hybridized carbons (Fsp3) is 0.750. The molecule has 0 fully saturated rings. The first-order valence-corrected chi connectivity index (χ1v) is 12.5. The lowest BCUT2D eigenvalue weighted by molar-refractivity contribution is -0.145. The first-order chi connectivity index (χ1) is 12.9. The largest absolute Gasteiger partial charge is 0.467 e. The Hall–Kier alpha value is -1.87. The number of carbonyl (C=O) groups excluding carboxylic acids is 3. The minimum absolute atomic E-state index is 0.0143. The van der Waals surface area contributed by atoms with Gasteiger partial charge < -0.3 is 19.2 Å². The molecule has 0 saturated heterocycles. The Morgan fingerprint density at radius 2 is 1.52 bits per heavy atom. The van der Waals surface area contributed by atoms with E-state index in [1.54, 1.807) is 34.6 Å². The van der Waals surface area contributed by atoms with Crippen molar-refractivity contribution in [2.75, 3.05) is 13.7 Å². The average Bonchev–Trinajstić information content (AvgIpc) is 2.52. The molecule has 0 aliphatic carbocycles. The number of carbonyl (C=O) groups is 3. The minimum Gasteiger partial charge on any atom is -0.467 e. The quantitative estimate of drug-likeness (QED) is 0.364. The Morgan fingerprint density at radius 3 is 1.90 bits per heavy atom. The summed E-state index contributed by atoms with van der Waals surface area (Å²) in [6.45, 7) is 18.8. The van der Waals surface area contributed by atoms with Gasteiger partial charge in [0.1, 0.15) is 17.3 Å². The molecule has 0 aromatic rings. The molecule has 168 valence electrons. The van der Waals surface area contributed by atoms with E-state index in [0.717, 1.165) is 0 Å². The molecule has 0 rings (SSSR count). The summed E-state index contributed by atoms with van der Waals surface area (Å²) in [5.41, 5.74) is -0.137. The van der Waals surface area contributed by atoms with E-state index in [4.69, 9.17) is 13.9 Å². The van der Waals surface area contributed by atoms with Crippen molar-refractivity contribution in [3.63, 3.8) is 0 Å². The molecule has 1 atom stereocenters. The fourth-order valence-electron chi connectivity index (χ4n) is 1.86. The summed E-state index contributed by atoms with van der Waals surface area (Å²) in [5, 5.41) is 5.00. The standard InChI is InChI=1S/C20H38N2O6Si/c1-13(2)15(22-18(25)28-19(3,4)5)16(23)21-14(17(24)26-9)12-27-29(10,11)20(6,7)8/h14H,12H2,1-11H3,(H,21,23)(H,22,25)/t14-/m0/s1. The molecule has 0 radical (unpaired) electrons. The topological polar surface area (TPSA) is 103 Å². The molecule has 0 unspecified atom stereocenters. The fourth-order valence-corrected chi connectivity index (χ4v) is 2.88. The second-order valence-corrected chi connectivity index (χ2v) is 14.4. The Morgan fingerprint density at radius 1 is 1.00 bits per heavy atom. The number of hydrogen-bond donors (Lipinski definition) is 2. The second kappa shape index (κ2) is 10.2. The summed E-state index contributed by atoms with van der Waals surface area (Å²) in [6, 6.07) is -1.00. The van der Waals surface area contributed by atoms with Gasteiger partial charge in [-0.25, -0.2) is 9.59 Å². The van der Waals surface area contributed by atoms with Crippen LogP contribution in [0.1, 0.15) is 55.4 Å². The van der Waals surface area contributed by atoms with Crippen LogP contribution in [0.3, 0.4) is 0 Å². The number of allylic oxidation sites excluding steroid dienone is 1. The van der Waals surface area contributed by atoms with Crippen molar-refractivity contribution in [1.82, 2.24) is 10.6 Å². The van der Waals surface area contributed by atoms with E-state index in [1.165, 1.54) is 7.11 Å². The number of methoxy groups -OCH3 is 1. The van der Waals surface area contributed by atoms with Crippen molar-refractivity contribution in [2.24, 2.45) is 0 Å². The summed E-state index contributed by atoms with van der Waals surface area (Å²) in [5.74, 6) is -1.24. The van der Waals surface area contributed by atoms with Gasteiger partial charge >= 0.3 is 12.1 Å². The number of nitrogens with one attached hydrogen (secondary N) is 2. The molecule has 29 heavy (non-hydrogen) atoms. The van der Waals surface area contributed by atoms with Crippen LogP contribution >= 0.6 is 0 Å². The van der Waals surface area contributed by atoms with Crippen molar-refractivity contribution < 1.29 is 28.3 Å². The first kappa shape index (κ1) is 27.1. The highest BCUT2D eigenvalue weighted by Crippen LogP contribution is 2.36. The number of esters is 1. The molecule has 0 saturated carbocycles. The zero-order valence-electron chi connectivity index (χ0n) is 19.7. The van der Waals surface area contributed by atoms with Gasteiger partial charge in [0.05, 0.1) is 13.7 Å². The average molecular weight is 431 g/mol. The zero-order chi connectivity index (χ0) is 23.2. The predicted molar refractivity (Wildman–Crippen MR) is 115 cm³/mol. The van der Waals surface area contributed by atoms with E-state index in [0.29, 0.717) is 5.57 Å². The third kappa shape index (κ3) is 9.45. The lowest BCUT2D eigenvalue weighted by atomic mass is 10.2. The van der Waals surface area contributed by atoms with E-state index in [-0.39, 0.29) is 17.3 Å². The normalized spacial score (nSPS) is 13.2. The maximum atomic E-state index is 12.7. The van der Waals surface area contributed by atoms with E-state index < -0.39 is 37.9 Å². The molecule has 0 spiro atoms. The van der Waals surface area contributed by atoms with Crippen molar-refractivity contribution in [3.05, 3.63) is 11.3 Å². The maximum Gasteiger partial charge on any atom is 0.412 e. The van der Waals surface area contributed by atoms with Crippen LogP contribution in [0.2, 0.25) is 18.1 Å². The third-order valence-corrected chi connectivity index (χ3v) is 9.06. The highest BCUT2D eigenvalue weighted by atomic mass is 28.4. The molecule has 0 aromatic heterocycles. The van der Waals surface area contributed by atoms with E-state index in [9.17, 15) is 14.4 Å². The van der Waals surface area contributed by atoms with Crippen LogP contribution in [0.25, 0.3) is 0 Å². The molecular weight excluding hydrogens is 392 g/mol. The van der Waals surface area contributed by atoms with Gasteiger partial charge in [0.25, 0.3) is 5.91 Å². The molecular formula is C20H38N2O6Si. The van der Waals surface area contributed by atoms with Gasteiger partial charge in [-0.3, -0.25) is 10.1 Å². The van der Waals surface area contributed by atoms with E-state index in [1.807, 2.05) is 0 Å². The Bertz CT molecular complexity index is 640. The van der Waals surface area contributed by atoms with Crippen LogP contribution in [-0.4, -0.2) is 51.6 Å². The summed E-state index contributed by atoms with van der Waals surface area (Å²) in [4.78, 5) is 37.0. The van der Waals surface area contributed by atoms with Gasteiger partial charge in [-0.1, -0.05) is 20.8 Å². The predicted octanol–water partition coefficient (Wildman–Crippen LogP) is 3.48. The number of alkyl carbamates (subject to hydrolysis) is 1. The Balaban J connectivity index is 5.36. The highest BCUT2D eigenvalue weighted by molar-refractivity contribution is 6.74. The molecule has 8 nitrogen and oxygen atoms in total. The molecule has 0 aliphatic heterocycles. The highest BCUT2D eigenvalue weighted by Gasteiger charge is 2.38. The van der Waals surface area contributed by atoms with E-state index in [2.05, 4.69) is 44.5 Å². The first-order valence-electron chi connectivity index (χ1n) is 9.61. The maximum absolute atomic E-state index is 12.7. The molecule has 2 amide bonds. The number of amides is 2. The molecule has 9 heteroatoms. The molecule has 0 aliphatic rings. The lowest BCUT2D eigenvalue weighted by Gasteiger charge is -2.37. The van der Waals surface area contributed by atoms with Crippen LogP contribution in [0.15, 0.2) is 11.3 Å². The Labute approximate surface area is 175 Å². The summed E-state index contributed by atoms with van der Waals surface area (Å²) < 4.78 is 16.1. The summed E-state index contributed by atoms with van der Waals surface area (Å²) in [7, 11) is -0.896.